The molecule has 1 aromatic carbocycles. The summed E-state index contributed by atoms with van der Waals surface area (Å²) in [6, 6.07) is 4.87. The molecule has 0 spiro atoms. The fourth-order valence-corrected chi connectivity index (χ4v) is 4.10. The second-order valence-electron chi connectivity index (χ2n) is 5.09. The standard InChI is InChI=1S/C14H14Cl2N2O4S/c15-11-3-1-9(7-12(11)16)2-4-13(19)17-18-14(20)10-5-6-23(21,22)8-10/h1-4,7,10H,5-6,8H2,(H,17,19)(H,18,20)/b4-2+/t10-/m1/s1. The Morgan fingerprint density at radius 1 is 1.17 bits per heavy atom. The summed E-state index contributed by atoms with van der Waals surface area (Å²) in [6.07, 6.45) is 2.98. The Hall–Kier alpha value is -1.57. The molecule has 0 aromatic heterocycles. The van der Waals surface area contributed by atoms with Crippen molar-refractivity contribution in [3.8, 4) is 0 Å². The summed E-state index contributed by atoms with van der Waals surface area (Å²) in [5, 5.41) is 0.775. The van der Waals surface area contributed by atoms with Crippen LogP contribution in [0.2, 0.25) is 10.0 Å². The smallest absolute Gasteiger partial charge is 0.262 e. The summed E-state index contributed by atoms with van der Waals surface area (Å²) in [6.45, 7) is 0. The molecule has 0 saturated carbocycles. The maximum atomic E-state index is 11.7. The fraction of sp³-hybridized carbons (Fsp3) is 0.286. The van der Waals surface area contributed by atoms with E-state index < -0.39 is 27.6 Å². The third-order valence-corrected chi connectivity index (χ3v) is 5.79. The van der Waals surface area contributed by atoms with Gasteiger partial charge in [0.05, 0.1) is 27.5 Å². The number of amides is 2. The summed E-state index contributed by atoms with van der Waals surface area (Å²) in [7, 11) is -3.14. The van der Waals surface area contributed by atoms with Gasteiger partial charge in [0.15, 0.2) is 9.84 Å². The minimum atomic E-state index is -3.14. The number of hydrogen-bond acceptors (Lipinski definition) is 4. The van der Waals surface area contributed by atoms with Crippen LogP contribution in [-0.2, 0) is 19.4 Å². The van der Waals surface area contributed by atoms with Gasteiger partial charge in [0.1, 0.15) is 0 Å². The van der Waals surface area contributed by atoms with Gasteiger partial charge in [0, 0.05) is 6.08 Å². The minimum absolute atomic E-state index is 0.00371. The summed E-state index contributed by atoms with van der Waals surface area (Å²) >= 11 is 11.6. The average molecular weight is 377 g/mol. The van der Waals surface area contributed by atoms with Crippen LogP contribution < -0.4 is 10.9 Å². The highest BCUT2D eigenvalue weighted by atomic mass is 35.5. The van der Waals surface area contributed by atoms with E-state index in [1.165, 1.54) is 12.2 Å². The molecule has 0 unspecified atom stereocenters. The SMILES string of the molecule is O=C(/C=C/c1ccc(Cl)c(Cl)c1)NNC(=O)[C@@H]1CCS(=O)(=O)C1. The Labute approximate surface area is 143 Å². The van der Waals surface area contributed by atoms with Crippen LogP contribution in [0.3, 0.4) is 0 Å². The van der Waals surface area contributed by atoms with E-state index in [-0.39, 0.29) is 17.9 Å². The third kappa shape index (κ3) is 5.23. The lowest BCUT2D eigenvalue weighted by atomic mass is 10.1. The van der Waals surface area contributed by atoms with Crippen molar-refractivity contribution < 1.29 is 18.0 Å². The highest BCUT2D eigenvalue weighted by molar-refractivity contribution is 7.91. The lowest BCUT2D eigenvalue weighted by molar-refractivity contribution is -0.129. The third-order valence-electron chi connectivity index (χ3n) is 3.28. The molecule has 0 bridgehead atoms. The van der Waals surface area contributed by atoms with Crippen molar-refractivity contribution in [2.24, 2.45) is 5.92 Å². The molecule has 0 radical (unpaired) electrons. The van der Waals surface area contributed by atoms with Crippen molar-refractivity contribution in [3.05, 3.63) is 39.9 Å². The second-order valence-corrected chi connectivity index (χ2v) is 8.13. The van der Waals surface area contributed by atoms with Gasteiger partial charge in [-0.25, -0.2) is 8.42 Å². The van der Waals surface area contributed by atoms with E-state index in [1.807, 2.05) is 0 Å². The predicted octanol–water partition coefficient (Wildman–Crippen LogP) is 1.59. The van der Waals surface area contributed by atoms with Crippen LogP contribution in [0.15, 0.2) is 24.3 Å². The van der Waals surface area contributed by atoms with Crippen LogP contribution >= 0.6 is 23.2 Å². The molecular weight excluding hydrogens is 363 g/mol. The van der Waals surface area contributed by atoms with Crippen LogP contribution in [-0.4, -0.2) is 31.7 Å². The largest absolute Gasteiger partial charge is 0.273 e. The maximum absolute atomic E-state index is 11.7. The van der Waals surface area contributed by atoms with Crippen LogP contribution in [0.5, 0.6) is 0 Å². The number of rotatable bonds is 3. The van der Waals surface area contributed by atoms with E-state index in [0.717, 1.165) is 0 Å². The van der Waals surface area contributed by atoms with Crippen LogP contribution in [0, 0.1) is 5.92 Å². The van der Waals surface area contributed by atoms with E-state index in [0.29, 0.717) is 15.6 Å². The highest BCUT2D eigenvalue weighted by Gasteiger charge is 2.32. The Kier molecular flexibility index (Phi) is 5.67. The molecule has 1 saturated heterocycles. The van der Waals surface area contributed by atoms with E-state index >= 15 is 0 Å². The number of halogens is 2. The van der Waals surface area contributed by atoms with Gasteiger partial charge in [0.2, 0.25) is 5.91 Å². The number of hydrazine groups is 1. The van der Waals surface area contributed by atoms with E-state index in [1.54, 1.807) is 18.2 Å². The zero-order valence-electron chi connectivity index (χ0n) is 11.9. The Bertz CT molecular complexity index is 762. The molecule has 6 nitrogen and oxygen atoms in total. The van der Waals surface area contributed by atoms with Crippen molar-refractivity contribution in [1.82, 2.24) is 10.9 Å². The Morgan fingerprint density at radius 3 is 2.52 bits per heavy atom. The molecule has 2 amide bonds. The predicted molar refractivity (Wildman–Crippen MR) is 88.5 cm³/mol. The first-order valence-electron chi connectivity index (χ1n) is 6.70. The molecule has 1 fully saturated rings. The number of sulfone groups is 1. The molecule has 23 heavy (non-hydrogen) atoms. The Morgan fingerprint density at radius 2 is 1.91 bits per heavy atom. The lowest BCUT2D eigenvalue weighted by Crippen LogP contribution is -2.44. The molecule has 1 aliphatic rings. The molecule has 2 rings (SSSR count). The number of carbonyl (C=O) groups excluding carboxylic acids is 2. The van der Waals surface area contributed by atoms with Crippen LogP contribution in [0.4, 0.5) is 0 Å². The molecule has 1 aliphatic heterocycles. The molecule has 124 valence electrons. The molecule has 9 heteroatoms. The molecule has 1 aromatic rings. The van der Waals surface area contributed by atoms with Gasteiger partial charge in [-0.1, -0.05) is 29.3 Å². The van der Waals surface area contributed by atoms with Crippen molar-refractivity contribution in [1.29, 1.82) is 0 Å². The first-order valence-corrected chi connectivity index (χ1v) is 9.28. The van der Waals surface area contributed by atoms with Crippen molar-refractivity contribution >= 4 is 50.9 Å². The van der Waals surface area contributed by atoms with Gasteiger partial charge < -0.3 is 0 Å². The molecule has 2 N–H and O–H groups in total. The minimum Gasteiger partial charge on any atom is -0.273 e. The fourth-order valence-electron chi connectivity index (χ4n) is 2.06. The zero-order chi connectivity index (χ0) is 17.0. The summed E-state index contributed by atoms with van der Waals surface area (Å²) < 4.78 is 22.6. The second kappa shape index (κ2) is 7.33. The average Bonchev–Trinajstić information content (AvgIpc) is 2.86. The topological polar surface area (TPSA) is 92.3 Å². The molecule has 0 aliphatic carbocycles. The van der Waals surface area contributed by atoms with Gasteiger partial charge in [-0.15, -0.1) is 0 Å². The normalized spacial score (nSPS) is 19.7. The van der Waals surface area contributed by atoms with E-state index in [4.69, 9.17) is 23.2 Å². The van der Waals surface area contributed by atoms with E-state index in [2.05, 4.69) is 10.9 Å². The molecule has 1 heterocycles. The highest BCUT2D eigenvalue weighted by Crippen LogP contribution is 2.23. The number of hydrogen-bond donors (Lipinski definition) is 2. The molecular formula is C14H14Cl2N2O4S. The zero-order valence-corrected chi connectivity index (χ0v) is 14.2. The van der Waals surface area contributed by atoms with Crippen LogP contribution in [0.25, 0.3) is 6.08 Å². The van der Waals surface area contributed by atoms with Gasteiger partial charge in [-0.2, -0.15) is 0 Å². The van der Waals surface area contributed by atoms with Crippen molar-refractivity contribution in [2.75, 3.05) is 11.5 Å². The monoisotopic (exact) mass is 376 g/mol. The quantitative estimate of drug-likeness (QED) is 0.618. The van der Waals surface area contributed by atoms with Crippen molar-refractivity contribution in [3.63, 3.8) is 0 Å². The number of carbonyl (C=O) groups is 2. The van der Waals surface area contributed by atoms with Gasteiger partial charge in [-0.3, -0.25) is 20.4 Å². The molecule has 1 atom stereocenters. The Balaban J connectivity index is 1.84. The van der Waals surface area contributed by atoms with E-state index in [9.17, 15) is 18.0 Å². The lowest BCUT2D eigenvalue weighted by Gasteiger charge is -2.09. The number of nitrogens with one attached hydrogen (secondary N) is 2. The summed E-state index contributed by atoms with van der Waals surface area (Å²) in [5.74, 6) is -1.88. The van der Waals surface area contributed by atoms with Gasteiger partial charge >= 0.3 is 0 Å². The first-order chi connectivity index (χ1) is 10.8. The van der Waals surface area contributed by atoms with Gasteiger partial charge in [0.25, 0.3) is 5.91 Å². The number of benzene rings is 1. The van der Waals surface area contributed by atoms with Gasteiger partial charge in [-0.05, 0) is 30.2 Å². The summed E-state index contributed by atoms with van der Waals surface area (Å²) in [4.78, 5) is 23.4. The van der Waals surface area contributed by atoms with Crippen LogP contribution in [0.1, 0.15) is 12.0 Å². The van der Waals surface area contributed by atoms with Crippen molar-refractivity contribution in [2.45, 2.75) is 6.42 Å². The maximum Gasteiger partial charge on any atom is 0.262 e. The first kappa shape index (κ1) is 17.8. The summed E-state index contributed by atoms with van der Waals surface area (Å²) in [5.41, 5.74) is 5.09.